The normalized spacial score (nSPS) is 25.2. The molecule has 0 aliphatic carbocycles. The molecular weight excluding hydrogens is 386 g/mol. The molecule has 5 nitrogen and oxygen atoms in total. The smallest absolute Gasteiger partial charge is 0.324 e. The number of amides is 2. The molecule has 0 aromatic heterocycles. The number of likely N-dealkylation sites (tertiary alicyclic amines) is 1. The predicted molar refractivity (Wildman–Crippen MR) is 124 cm³/mol. The van der Waals surface area contributed by atoms with Gasteiger partial charge in [0.1, 0.15) is 5.75 Å². The quantitative estimate of drug-likeness (QED) is 0.722. The number of carbonyl (C=O) groups excluding carboxylic acids is 1. The van der Waals surface area contributed by atoms with Gasteiger partial charge in [0.2, 0.25) is 0 Å². The van der Waals surface area contributed by atoms with Gasteiger partial charge in [-0.15, -0.1) is 0 Å². The highest BCUT2D eigenvalue weighted by Gasteiger charge is 2.44. The molecule has 3 atom stereocenters. The van der Waals surface area contributed by atoms with E-state index in [4.69, 9.17) is 4.74 Å². The van der Waals surface area contributed by atoms with Crippen molar-refractivity contribution in [3.63, 3.8) is 0 Å². The number of piperidine rings is 2. The third-order valence-electron chi connectivity index (χ3n) is 7.53. The Kier molecular flexibility index (Phi) is 5.61. The fraction of sp³-hybridized carbons (Fsp3) is 0.500. The highest BCUT2D eigenvalue weighted by atomic mass is 16.5. The second-order valence-corrected chi connectivity index (χ2v) is 9.09. The van der Waals surface area contributed by atoms with Gasteiger partial charge in [-0.25, -0.2) is 4.79 Å². The Balaban J connectivity index is 1.41. The Labute approximate surface area is 185 Å². The predicted octanol–water partition coefficient (Wildman–Crippen LogP) is 4.73. The molecule has 3 aliphatic heterocycles. The van der Waals surface area contributed by atoms with E-state index in [-0.39, 0.29) is 6.03 Å². The molecule has 31 heavy (non-hydrogen) atoms. The fourth-order valence-corrected chi connectivity index (χ4v) is 5.99. The minimum atomic E-state index is 0.169. The first-order chi connectivity index (χ1) is 15.2. The molecule has 2 amide bonds. The fourth-order valence-electron chi connectivity index (χ4n) is 5.99. The van der Waals surface area contributed by atoms with Crippen molar-refractivity contribution in [2.24, 2.45) is 5.92 Å². The highest BCUT2D eigenvalue weighted by molar-refractivity contribution is 5.92. The molecule has 0 spiro atoms. The molecule has 2 aromatic rings. The van der Waals surface area contributed by atoms with Gasteiger partial charge in [0.05, 0.1) is 7.11 Å². The summed E-state index contributed by atoms with van der Waals surface area (Å²) in [5, 5.41) is 0. The summed E-state index contributed by atoms with van der Waals surface area (Å²) in [5.41, 5.74) is 3.83. The molecule has 0 bridgehead atoms. The van der Waals surface area contributed by atoms with Crippen LogP contribution in [0.5, 0.6) is 5.75 Å². The molecule has 2 saturated heterocycles. The lowest BCUT2D eigenvalue weighted by molar-refractivity contribution is 0.00703. The number of fused-ring (bicyclic) bond motifs is 4. The van der Waals surface area contributed by atoms with Gasteiger partial charge in [0.15, 0.2) is 0 Å². The number of benzene rings is 2. The molecule has 3 heterocycles. The number of hydrogen-bond acceptors (Lipinski definition) is 3. The molecule has 0 unspecified atom stereocenters. The SMILES string of the molecule is CCN(C(=O)N1CCC[C@@H]2CN3CCc4cc(OC)ccc4[C@@H]3C[C@@H]21)c1ccccc1. The number of hydrogen-bond donors (Lipinski definition) is 0. The second kappa shape index (κ2) is 8.54. The Hall–Kier alpha value is -2.53. The number of ether oxygens (including phenoxy) is 1. The van der Waals surface area contributed by atoms with Crippen LogP contribution >= 0.6 is 0 Å². The van der Waals surface area contributed by atoms with Gasteiger partial charge in [0, 0.05) is 44.0 Å². The average Bonchev–Trinajstić information content (AvgIpc) is 2.83. The highest BCUT2D eigenvalue weighted by Crippen LogP contribution is 2.43. The van der Waals surface area contributed by atoms with Crippen LogP contribution in [0.15, 0.2) is 48.5 Å². The standard InChI is InChI=1S/C26H33N3O2/c1-3-28(21-9-5-4-6-10-21)26(30)29-14-7-8-20-18-27-15-13-19-16-22(31-2)11-12-23(19)25(27)17-24(20)29/h4-6,9-12,16,20,24-25H,3,7-8,13-15,17-18H2,1-2H3/t20-,24+,25+/m1/s1. The van der Waals surface area contributed by atoms with Crippen LogP contribution in [0.4, 0.5) is 10.5 Å². The van der Waals surface area contributed by atoms with E-state index in [0.29, 0.717) is 24.5 Å². The van der Waals surface area contributed by atoms with Crippen LogP contribution in [0, 0.1) is 5.92 Å². The zero-order valence-electron chi connectivity index (χ0n) is 18.7. The van der Waals surface area contributed by atoms with Crippen molar-refractivity contribution in [3.8, 4) is 5.75 Å². The van der Waals surface area contributed by atoms with Crippen molar-refractivity contribution in [2.75, 3.05) is 38.2 Å². The van der Waals surface area contributed by atoms with E-state index in [1.165, 1.54) is 17.5 Å². The summed E-state index contributed by atoms with van der Waals surface area (Å²) in [5.74, 6) is 1.51. The van der Waals surface area contributed by atoms with Crippen molar-refractivity contribution in [1.29, 1.82) is 0 Å². The van der Waals surface area contributed by atoms with E-state index in [2.05, 4.69) is 34.9 Å². The zero-order chi connectivity index (χ0) is 21.4. The van der Waals surface area contributed by atoms with Crippen molar-refractivity contribution in [3.05, 3.63) is 59.7 Å². The first-order valence-electron chi connectivity index (χ1n) is 11.7. The Morgan fingerprint density at radius 1 is 1.16 bits per heavy atom. The third-order valence-corrected chi connectivity index (χ3v) is 7.53. The molecule has 164 valence electrons. The summed E-state index contributed by atoms with van der Waals surface area (Å²) in [6.07, 6.45) is 4.44. The molecule has 5 heteroatoms. The van der Waals surface area contributed by atoms with Crippen LogP contribution in [0.3, 0.4) is 0 Å². The van der Waals surface area contributed by atoms with Crippen molar-refractivity contribution >= 4 is 11.7 Å². The number of nitrogens with zero attached hydrogens (tertiary/aromatic N) is 3. The minimum absolute atomic E-state index is 0.169. The maximum Gasteiger partial charge on any atom is 0.324 e. The minimum Gasteiger partial charge on any atom is -0.497 e. The van der Waals surface area contributed by atoms with Crippen molar-refractivity contribution < 1.29 is 9.53 Å². The van der Waals surface area contributed by atoms with E-state index < -0.39 is 0 Å². The third kappa shape index (κ3) is 3.69. The van der Waals surface area contributed by atoms with E-state index in [1.54, 1.807) is 7.11 Å². The van der Waals surface area contributed by atoms with Crippen LogP contribution in [0.25, 0.3) is 0 Å². The Morgan fingerprint density at radius 3 is 2.77 bits per heavy atom. The Morgan fingerprint density at radius 2 is 2.00 bits per heavy atom. The van der Waals surface area contributed by atoms with E-state index in [9.17, 15) is 4.79 Å². The number of para-hydroxylation sites is 1. The topological polar surface area (TPSA) is 36.0 Å². The van der Waals surface area contributed by atoms with Crippen LogP contribution in [-0.4, -0.2) is 55.2 Å². The van der Waals surface area contributed by atoms with Gasteiger partial charge in [-0.3, -0.25) is 9.80 Å². The number of methoxy groups -OCH3 is 1. The Bertz CT molecular complexity index is 932. The van der Waals surface area contributed by atoms with Crippen LogP contribution in [-0.2, 0) is 6.42 Å². The summed E-state index contributed by atoms with van der Waals surface area (Å²) in [6.45, 7) is 5.83. The van der Waals surface area contributed by atoms with Gasteiger partial charge in [-0.05, 0) is 73.9 Å². The molecule has 2 fully saturated rings. The van der Waals surface area contributed by atoms with E-state index >= 15 is 0 Å². The molecule has 2 aromatic carbocycles. The lowest BCUT2D eigenvalue weighted by atomic mass is 9.76. The van der Waals surface area contributed by atoms with Crippen LogP contribution < -0.4 is 9.64 Å². The van der Waals surface area contributed by atoms with E-state index in [1.807, 2.05) is 35.2 Å². The van der Waals surface area contributed by atoms with Crippen molar-refractivity contribution in [1.82, 2.24) is 9.80 Å². The molecule has 0 radical (unpaired) electrons. The zero-order valence-corrected chi connectivity index (χ0v) is 18.7. The molecule has 0 N–H and O–H groups in total. The molecule has 5 rings (SSSR count). The van der Waals surface area contributed by atoms with Crippen LogP contribution in [0.2, 0.25) is 0 Å². The number of urea groups is 1. The summed E-state index contributed by atoms with van der Waals surface area (Å²) >= 11 is 0. The summed E-state index contributed by atoms with van der Waals surface area (Å²) < 4.78 is 5.46. The largest absolute Gasteiger partial charge is 0.497 e. The van der Waals surface area contributed by atoms with E-state index in [0.717, 1.165) is 50.3 Å². The number of anilines is 1. The molecule has 3 aliphatic rings. The monoisotopic (exact) mass is 419 g/mol. The maximum atomic E-state index is 13.7. The summed E-state index contributed by atoms with van der Waals surface area (Å²) in [4.78, 5) is 20.5. The van der Waals surface area contributed by atoms with Crippen LogP contribution in [0.1, 0.15) is 43.4 Å². The number of carbonyl (C=O) groups is 1. The lowest BCUT2D eigenvalue weighted by Gasteiger charge is -2.52. The summed E-state index contributed by atoms with van der Waals surface area (Å²) in [7, 11) is 1.74. The van der Waals surface area contributed by atoms with Gasteiger partial charge >= 0.3 is 6.03 Å². The maximum absolute atomic E-state index is 13.7. The first kappa shape index (κ1) is 20.4. The number of rotatable bonds is 3. The second-order valence-electron chi connectivity index (χ2n) is 9.09. The molecular formula is C26H33N3O2. The average molecular weight is 420 g/mol. The summed E-state index contributed by atoms with van der Waals surface area (Å²) in [6, 6.07) is 17.5. The van der Waals surface area contributed by atoms with Gasteiger partial charge in [-0.1, -0.05) is 24.3 Å². The molecule has 0 saturated carbocycles. The van der Waals surface area contributed by atoms with Gasteiger partial charge < -0.3 is 9.64 Å². The van der Waals surface area contributed by atoms with Gasteiger partial charge in [0.25, 0.3) is 0 Å². The lowest BCUT2D eigenvalue weighted by Crippen LogP contribution is -2.59. The van der Waals surface area contributed by atoms with Crippen molar-refractivity contribution in [2.45, 2.75) is 44.7 Å². The first-order valence-corrected chi connectivity index (χ1v) is 11.7. The van der Waals surface area contributed by atoms with Gasteiger partial charge in [-0.2, -0.15) is 0 Å².